The van der Waals surface area contributed by atoms with Gasteiger partial charge in [-0.3, -0.25) is 10.1 Å². The number of fused-ring (bicyclic) bond motifs is 1. The van der Waals surface area contributed by atoms with Crippen molar-refractivity contribution in [2.24, 2.45) is 5.92 Å². The molecule has 2 aromatic carbocycles. The lowest BCUT2D eigenvalue weighted by atomic mass is 10.0. The van der Waals surface area contributed by atoms with E-state index in [1.165, 1.54) is 0 Å². The number of rotatable bonds is 7. The molecule has 0 heterocycles. The topological polar surface area (TPSA) is 58.6 Å². The van der Waals surface area contributed by atoms with Crippen LogP contribution in [0, 0.1) is 5.92 Å². The molecule has 0 amide bonds. The molecule has 4 heteroatoms. The second kappa shape index (κ2) is 7.27. The fraction of sp³-hybridized carbons (Fsp3) is 0.389. The van der Waals surface area contributed by atoms with Gasteiger partial charge in [-0.25, -0.2) is 0 Å². The van der Waals surface area contributed by atoms with E-state index in [1.807, 2.05) is 57.2 Å². The van der Waals surface area contributed by atoms with Crippen LogP contribution in [0.4, 0.5) is 0 Å². The molecule has 1 unspecified atom stereocenters. The Morgan fingerprint density at radius 3 is 2.59 bits per heavy atom. The van der Waals surface area contributed by atoms with Gasteiger partial charge in [0.1, 0.15) is 11.8 Å². The molecule has 0 radical (unpaired) electrons. The van der Waals surface area contributed by atoms with Crippen LogP contribution in [-0.4, -0.2) is 23.7 Å². The molecule has 2 rings (SSSR count). The van der Waals surface area contributed by atoms with Gasteiger partial charge in [-0.1, -0.05) is 44.2 Å². The van der Waals surface area contributed by atoms with Crippen LogP contribution in [0.25, 0.3) is 10.8 Å². The van der Waals surface area contributed by atoms with Crippen molar-refractivity contribution in [3.63, 3.8) is 0 Å². The first-order chi connectivity index (χ1) is 10.5. The molecule has 0 saturated carbocycles. The molecule has 2 N–H and O–H groups in total. The van der Waals surface area contributed by atoms with Crippen molar-refractivity contribution in [1.82, 2.24) is 5.32 Å². The zero-order valence-electron chi connectivity index (χ0n) is 13.3. The summed E-state index contributed by atoms with van der Waals surface area (Å²) in [6, 6.07) is 11.5. The Labute approximate surface area is 131 Å². The van der Waals surface area contributed by atoms with Gasteiger partial charge in [0.15, 0.2) is 0 Å². The highest BCUT2D eigenvalue weighted by Crippen LogP contribution is 2.28. The summed E-state index contributed by atoms with van der Waals surface area (Å²) in [4.78, 5) is 11.3. The van der Waals surface area contributed by atoms with Gasteiger partial charge in [0.2, 0.25) is 0 Å². The summed E-state index contributed by atoms with van der Waals surface area (Å²) in [5, 5.41) is 14.7. The molecule has 4 nitrogen and oxygen atoms in total. The molecule has 2 aromatic rings. The molecule has 22 heavy (non-hydrogen) atoms. The summed E-state index contributed by atoms with van der Waals surface area (Å²) < 4.78 is 5.71. The summed E-state index contributed by atoms with van der Waals surface area (Å²) in [5.74, 6) is -0.00203. The number of hydrogen-bond donors (Lipinski definition) is 2. The van der Waals surface area contributed by atoms with Crippen LogP contribution in [0.1, 0.15) is 26.3 Å². The van der Waals surface area contributed by atoms with Crippen LogP contribution >= 0.6 is 0 Å². The molecule has 0 aliphatic carbocycles. The molecule has 0 aromatic heterocycles. The second-order valence-corrected chi connectivity index (χ2v) is 5.64. The Bertz CT molecular complexity index is 652. The molecule has 0 spiro atoms. The lowest BCUT2D eigenvalue weighted by Crippen LogP contribution is -2.40. The smallest absolute Gasteiger partial charge is 0.320 e. The number of carboxylic acids is 1. The number of hydrogen-bond acceptors (Lipinski definition) is 3. The summed E-state index contributed by atoms with van der Waals surface area (Å²) in [5.41, 5.74) is 1.01. The third kappa shape index (κ3) is 3.57. The molecule has 0 aliphatic rings. The van der Waals surface area contributed by atoms with Crippen LogP contribution in [0.2, 0.25) is 0 Å². The summed E-state index contributed by atoms with van der Waals surface area (Å²) in [6.07, 6.45) is 0. The summed E-state index contributed by atoms with van der Waals surface area (Å²) >= 11 is 0. The monoisotopic (exact) mass is 301 g/mol. The van der Waals surface area contributed by atoms with Crippen LogP contribution in [0.15, 0.2) is 36.4 Å². The van der Waals surface area contributed by atoms with Gasteiger partial charge in [0.05, 0.1) is 6.61 Å². The zero-order valence-corrected chi connectivity index (χ0v) is 13.3. The van der Waals surface area contributed by atoms with E-state index in [1.54, 1.807) is 0 Å². The Hall–Kier alpha value is -2.07. The lowest BCUT2D eigenvalue weighted by molar-refractivity contribution is -0.140. The van der Waals surface area contributed by atoms with E-state index in [0.29, 0.717) is 13.2 Å². The lowest BCUT2D eigenvalue weighted by Gasteiger charge is -2.20. The van der Waals surface area contributed by atoms with Crippen LogP contribution in [-0.2, 0) is 11.3 Å². The molecule has 0 saturated heterocycles. The van der Waals surface area contributed by atoms with Crippen molar-refractivity contribution < 1.29 is 14.6 Å². The predicted octanol–water partition coefficient (Wildman–Crippen LogP) is 3.44. The van der Waals surface area contributed by atoms with Crippen molar-refractivity contribution in [3.05, 3.63) is 42.0 Å². The van der Waals surface area contributed by atoms with Gasteiger partial charge in [0, 0.05) is 12.1 Å². The van der Waals surface area contributed by atoms with Gasteiger partial charge in [0.25, 0.3) is 0 Å². The van der Waals surface area contributed by atoms with Gasteiger partial charge >= 0.3 is 5.97 Å². The fourth-order valence-electron chi connectivity index (χ4n) is 2.61. The maximum absolute atomic E-state index is 11.3. The third-order valence-electron chi connectivity index (χ3n) is 3.73. The van der Waals surface area contributed by atoms with Crippen LogP contribution in [0.5, 0.6) is 5.75 Å². The quantitative estimate of drug-likeness (QED) is 0.822. The van der Waals surface area contributed by atoms with Crippen molar-refractivity contribution in [2.75, 3.05) is 6.61 Å². The van der Waals surface area contributed by atoms with E-state index in [9.17, 15) is 9.90 Å². The normalized spacial score (nSPS) is 12.5. The number of carboxylic acid groups (broad SMARTS) is 1. The van der Waals surface area contributed by atoms with Crippen LogP contribution in [0.3, 0.4) is 0 Å². The van der Waals surface area contributed by atoms with Crippen molar-refractivity contribution in [2.45, 2.75) is 33.4 Å². The minimum atomic E-state index is -0.826. The molecule has 1 atom stereocenters. The van der Waals surface area contributed by atoms with Gasteiger partial charge < -0.3 is 9.84 Å². The first kappa shape index (κ1) is 16.3. The Morgan fingerprint density at radius 1 is 1.23 bits per heavy atom. The summed E-state index contributed by atoms with van der Waals surface area (Å²) in [6.45, 7) is 6.79. The average molecular weight is 301 g/mol. The largest absolute Gasteiger partial charge is 0.494 e. The standard InChI is InChI=1S/C18H23NO3/c1-4-22-16-10-9-13-7-5-6-8-14(13)15(16)11-19-17(12(2)3)18(20)21/h5-10,12,17,19H,4,11H2,1-3H3,(H,20,21). The highest BCUT2D eigenvalue weighted by molar-refractivity contribution is 5.87. The summed E-state index contributed by atoms with van der Waals surface area (Å²) in [7, 11) is 0. The minimum Gasteiger partial charge on any atom is -0.494 e. The Kier molecular flexibility index (Phi) is 5.39. The second-order valence-electron chi connectivity index (χ2n) is 5.64. The van der Waals surface area contributed by atoms with E-state index in [2.05, 4.69) is 5.32 Å². The highest BCUT2D eigenvalue weighted by atomic mass is 16.5. The van der Waals surface area contributed by atoms with E-state index in [0.717, 1.165) is 22.1 Å². The molecule has 0 bridgehead atoms. The van der Waals surface area contributed by atoms with Crippen molar-refractivity contribution >= 4 is 16.7 Å². The number of nitrogens with one attached hydrogen (secondary N) is 1. The van der Waals surface area contributed by atoms with Gasteiger partial charge in [-0.15, -0.1) is 0 Å². The number of aliphatic carboxylic acids is 1. The first-order valence-electron chi connectivity index (χ1n) is 7.64. The van der Waals surface area contributed by atoms with Crippen LogP contribution < -0.4 is 10.1 Å². The Balaban J connectivity index is 2.35. The van der Waals surface area contributed by atoms with Gasteiger partial charge in [-0.2, -0.15) is 0 Å². The van der Waals surface area contributed by atoms with Crippen molar-refractivity contribution in [3.8, 4) is 5.75 Å². The third-order valence-corrected chi connectivity index (χ3v) is 3.73. The molecule has 0 aliphatic heterocycles. The maximum atomic E-state index is 11.3. The highest BCUT2D eigenvalue weighted by Gasteiger charge is 2.21. The van der Waals surface area contributed by atoms with E-state index < -0.39 is 12.0 Å². The SMILES string of the molecule is CCOc1ccc2ccccc2c1CNC(C(=O)O)C(C)C. The number of benzene rings is 2. The first-order valence-corrected chi connectivity index (χ1v) is 7.64. The number of ether oxygens (including phenoxy) is 1. The van der Waals surface area contributed by atoms with E-state index in [4.69, 9.17) is 4.74 Å². The average Bonchev–Trinajstić information content (AvgIpc) is 2.48. The fourth-order valence-corrected chi connectivity index (χ4v) is 2.61. The zero-order chi connectivity index (χ0) is 16.1. The molecular formula is C18H23NO3. The Morgan fingerprint density at radius 2 is 1.95 bits per heavy atom. The van der Waals surface area contributed by atoms with E-state index >= 15 is 0 Å². The minimum absolute atomic E-state index is 0.0167. The molecule has 118 valence electrons. The molecule has 0 fully saturated rings. The number of carbonyl (C=O) groups is 1. The maximum Gasteiger partial charge on any atom is 0.320 e. The van der Waals surface area contributed by atoms with E-state index in [-0.39, 0.29) is 5.92 Å². The van der Waals surface area contributed by atoms with Gasteiger partial charge in [-0.05, 0) is 29.7 Å². The molecular weight excluding hydrogens is 278 g/mol. The predicted molar refractivity (Wildman–Crippen MR) is 88.2 cm³/mol. The van der Waals surface area contributed by atoms with Crippen molar-refractivity contribution in [1.29, 1.82) is 0 Å².